The molecule has 2 heterocycles. The number of pyridine rings is 1. The molecule has 0 amide bonds. The average molecular weight is 192 g/mol. The van der Waals surface area contributed by atoms with Crippen molar-refractivity contribution in [2.45, 2.75) is 25.9 Å². The molecule has 3 heteroatoms. The van der Waals surface area contributed by atoms with Gasteiger partial charge in [-0.1, -0.05) is 0 Å². The van der Waals surface area contributed by atoms with Gasteiger partial charge in [0, 0.05) is 19.3 Å². The maximum atomic E-state index is 9.44. The maximum Gasteiger partial charge on any atom is 0.128 e. The Morgan fingerprint density at radius 3 is 2.79 bits per heavy atom. The molecule has 0 bridgehead atoms. The lowest BCUT2D eigenvalue weighted by Gasteiger charge is -2.17. The van der Waals surface area contributed by atoms with E-state index in [1.165, 1.54) is 12.8 Å². The molecule has 0 unspecified atom stereocenters. The van der Waals surface area contributed by atoms with Crippen molar-refractivity contribution in [3.8, 4) is 0 Å². The van der Waals surface area contributed by atoms with Crippen LogP contribution in [0.2, 0.25) is 0 Å². The highest BCUT2D eigenvalue weighted by molar-refractivity contribution is 5.42. The summed E-state index contributed by atoms with van der Waals surface area (Å²) >= 11 is 0. The summed E-state index contributed by atoms with van der Waals surface area (Å²) in [6.07, 6.45) is 3.87. The molecule has 1 atom stereocenters. The van der Waals surface area contributed by atoms with Gasteiger partial charge in [-0.3, -0.25) is 0 Å². The molecule has 1 fully saturated rings. The van der Waals surface area contributed by atoms with E-state index in [1.807, 2.05) is 12.1 Å². The van der Waals surface area contributed by atoms with E-state index in [4.69, 9.17) is 0 Å². The van der Waals surface area contributed by atoms with Crippen LogP contribution in [0, 0.1) is 0 Å². The van der Waals surface area contributed by atoms with Crippen LogP contribution < -0.4 is 4.90 Å². The first-order chi connectivity index (χ1) is 6.77. The predicted molar refractivity (Wildman–Crippen MR) is 56.3 cm³/mol. The summed E-state index contributed by atoms with van der Waals surface area (Å²) in [7, 11) is 0. The Morgan fingerprint density at radius 2 is 2.14 bits per heavy atom. The Labute approximate surface area is 84.4 Å². The molecule has 1 aliphatic heterocycles. The fourth-order valence-electron chi connectivity index (χ4n) is 1.81. The maximum absolute atomic E-state index is 9.44. The second-order valence-electron chi connectivity index (χ2n) is 3.82. The third-order valence-corrected chi connectivity index (χ3v) is 2.68. The summed E-state index contributed by atoms with van der Waals surface area (Å²) in [6.45, 7) is 3.97. The number of hydrogen-bond acceptors (Lipinski definition) is 3. The van der Waals surface area contributed by atoms with Gasteiger partial charge in [0.1, 0.15) is 5.82 Å². The number of aliphatic hydroxyl groups is 1. The zero-order valence-electron chi connectivity index (χ0n) is 8.48. The second-order valence-corrected chi connectivity index (χ2v) is 3.82. The summed E-state index contributed by atoms with van der Waals surface area (Å²) in [5.41, 5.74) is 0.946. The van der Waals surface area contributed by atoms with Gasteiger partial charge in [-0.25, -0.2) is 4.98 Å². The van der Waals surface area contributed by atoms with Gasteiger partial charge in [0.05, 0.1) is 6.10 Å². The van der Waals surface area contributed by atoms with E-state index < -0.39 is 6.10 Å². The van der Waals surface area contributed by atoms with Crippen molar-refractivity contribution in [3.63, 3.8) is 0 Å². The zero-order chi connectivity index (χ0) is 9.97. The molecular weight excluding hydrogens is 176 g/mol. The summed E-state index contributed by atoms with van der Waals surface area (Å²) in [6, 6.07) is 3.85. The lowest BCUT2D eigenvalue weighted by molar-refractivity contribution is 0.199. The van der Waals surface area contributed by atoms with Crippen molar-refractivity contribution in [1.29, 1.82) is 0 Å². The van der Waals surface area contributed by atoms with Crippen LogP contribution >= 0.6 is 0 Å². The summed E-state index contributed by atoms with van der Waals surface area (Å²) in [5, 5.41) is 9.44. The standard InChI is InChI=1S/C11H16N2O/c1-9(14)10-4-5-12-11(8-10)13-6-2-3-7-13/h4-5,8-9,14H,2-3,6-7H2,1H3/t9-/m0/s1. The molecule has 0 radical (unpaired) electrons. The minimum absolute atomic E-state index is 0.403. The molecule has 14 heavy (non-hydrogen) atoms. The average Bonchev–Trinajstić information content (AvgIpc) is 2.71. The molecule has 0 aromatic carbocycles. The van der Waals surface area contributed by atoms with E-state index in [1.54, 1.807) is 13.1 Å². The number of nitrogens with zero attached hydrogens (tertiary/aromatic N) is 2. The Balaban J connectivity index is 2.21. The highest BCUT2D eigenvalue weighted by atomic mass is 16.3. The van der Waals surface area contributed by atoms with Gasteiger partial charge in [0.15, 0.2) is 0 Å². The Hall–Kier alpha value is -1.09. The van der Waals surface area contributed by atoms with Gasteiger partial charge in [0.25, 0.3) is 0 Å². The molecule has 76 valence electrons. The predicted octanol–water partition coefficient (Wildman–Crippen LogP) is 1.74. The van der Waals surface area contributed by atoms with Crippen LogP contribution in [0.5, 0.6) is 0 Å². The highest BCUT2D eigenvalue weighted by Crippen LogP contribution is 2.21. The SMILES string of the molecule is C[C@H](O)c1ccnc(N2CCCC2)c1. The van der Waals surface area contributed by atoms with Crippen LogP contribution in [-0.4, -0.2) is 23.2 Å². The second kappa shape index (κ2) is 3.96. The molecule has 0 aliphatic carbocycles. The van der Waals surface area contributed by atoms with Crippen molar-refractivity contribution in [2.75, 3.05) is 18.0 Å². The van der Waals surface area contributed by atoms with Crippen molar-refractivity contribution in [1.82, 2.24) is 4.98 Å². The fourth-order valence-corrected chi connectivity index (χ4v) is 1.81. The minimum atomic E-state index is -0.403. The normalized spacial score (nSPS) is 18.6. The first kappa shape index (κ1) is 9.46. The third kappa shape index (κ3) is 1.87. The van der Waals surface area contributed by atoms with Crippen LogP contribution in [0.25, 0.3) is 0 Å². The Bertz CT molecular complexity index is 306. The van der Waals surface area contributed by atoms with E-state index in [2.05, 4.69) is 9.88 Å². The van der Waals surface area contributed by atoms with Gasteiger partial charge in [0.2, 0.25) is 0 Å². The van der Waals surface area contributed by atoms with Crippen LogP contribution in [0.3, 0.4) is 0 Å². The van der Waals surface area contributed by atoms with Gasteiger partial charge in [-0.2, -0.15) is 0 Å². The molecule has 1 saturated heterocycles. The van der Waals surface area contributed by atoms with Crippen molar-refractivity contribution >= 4 is 5.82 Å². The van der Waals surface area contributed by atoms with Crippen LogP contribution in [0.1, 0.15) is 31.4 Å². The molecule has 0 saturated carbocycles. The largest absolute Gasteiger partial charge is 0.389 e. The van der Waals surface area contributed by atoms with Crippen LogP contribution in [0.15, 0.2) is 18.3 Å². The third-order valence-electron chi connectivity index (χ3n) is 2.68. The molecule has 1 aromatic heterocycles. The monoisotopic (exact) mass is 192 g/mol. The highest BCUT2D eigenvalue weighted by Gasteiger charge is 2.14. The van der Waals surface area contributed by atoms with Crippen molar-refractivity contribution in [3.05, 3.63) is 23.9 Å². The number of aromatic nitrogens is 1. The summed E-state index contributed by atoms with van der Waals surface area (Å²) in [5.74, 6) is 1.00. The molecule has 1 N–H and O–H groups in total. The van der Waals surface area contributed by atoms with E-state index in [9.17, 15) is 5.11 Å². The molecular formula is C11H16N2O. The number of aliphatic hydroxyl groups excluding tert-OH is 1. The van der Waals surface area contributed by atoms with Crippen molar-refractivity contribution < 1.29 is 5.11 Å². The number of rotatable bonds is 2. The van der Waals surface area contributed by atoms with E-state index in [0.717, 1.165) is 24.5 Å². The molecule has 2 rings (SSSR count). The topological polar surface area (TPSA) is 36.4 Å². The van der Waals surface area contributed by atoms with E-state index in [-0.39, 0.29) is 0 Å². The van der Waals surface area contributed by atoms with Crippen LogP contribution in [0.4, 0.5) is 5.82 Å². The molecule has 1 aromatic rings. The first-order valence-corrected chi connectivity index (χ1v) is 5.16. The quantitative estimate of drug-likeness (QED) is 0.775. The first-order valence-electron chi connectivity index (χ1n) is 5.16. The van der Waals surface area contributed by atoms with E-state index >= 15 is 0 Å². The van der Waals surface area contributed by atoms with Crippen molar-refractivity contribution in [2.24, 2.45) is 0 Å². The van der Waals surface area contributed by atoms with Gasteiger partial charge >= 0.3 is 0 Å². The summed E-state index contributed by atoms with van der Waals surface area (Å²) in [4.78, 5) is 6.59. The fraction of sp³-hybridized carbons (Fsp3) is 0.545. The minimum Gasteiger partial charge on any atom is -0.389 e. The van der Waals surface area contributed by atoms with Gasteiger partial charge in [-0.05, 0) is 37.5 Å². The van der Waals surface area contributed by atoms with Gasteiger partial charge in [-0.15, -0.1) is 0 Å². The van der Waals surface area contributed by atoms with E-state index in [0.29, 0.717) is 0 Å². The molecule has 1 aliphatic rings. The lowest BCUT2D eigenvalue weighted by atomic mass is 10.2. The van der Waals surface area contributed by atoms with Gasteiger partial charge < -0.3 is 10.0 Å². The lowest BCUT2D eigenvalue weighted by Crippen LogP contribution is -2.19. The summed E-state index contributed by atoms with van der Waals surface area (Å²) < 4.78 is 0. The number of anilines is 1. The Morgan fingerprint density at radius 1 is 1.43 bits per heavy atom. The smallest absolute Gasteiger partial charge is 0.128 e. The Kier molecular flexibility index (Phi) is 2.68. The van der Waals surface area contributed by atoms with Crippen LogP contribution in [-0.2, 0) is 0 Å². The molecule has 0 spiro atoms. The zero-order valence-corrected chi connectivity index (χ0v) is 8.48. The number of hydrogen-bond donors (Lipinski definition) is 1. The molecule has 3 nitrogen and oxygen atoms in total.